The lowest BCUT2D eigenvalue weighted by molar-refractivity contribution is -0.386. The number of nitro groups is 1. The van der Waals surface area contributed by atoms with Crippen molar-refractivity contribution < 1.29 is 14.4 Å². The van der Waals surface area contributed by atoms with E-state index in [0.717, 1.165) is 12.1 Å². The SMILES string of the molecule is CC(O)(CN)c1c(F)cccc1[N+](=O)[O-]. The van der Waals surface area contributed by atoms with E-state index < -0.39 is 22.0 Å². The highest BCUT2D eigenvalue weighted by molar-refractivity contribution is 5.44. The lowest BCUT2D eigenvalue weighted by Gasteiger charge is -2.21. The third-order valence-corrected chi connectivity index (χ3v) is 2.12. The first kappa shape index (κ1) is 11.5. The maximum absolute atomic E-state index is 13.4. The van der Waals surface area contributed by atoms with Crippen LogP contribution in [0.5, 0.6) is 0 Å². The van der Waals surface area contributed by atoms with Gasteiger partial charge in [0.2, 0.25) is 0 Å². The summed E-state index contributed by atoms with van der Waals surface area (Å²) < 4.78 is 13.4. The Morgan fingerprint density at radius 2 is 2.27 bits per heavy atom. The molecule has 5 nitrogen and oxygen atoms in total. The Labute approximate surface area is 85.5 Å². The number of halogens is 1. The van der Waals surface area contributed by atoms with Crippen molar-refractivity contribution in [1.82, 2.24) is 0 Å². The summed E-state index contributed by atoms with van der Waals surface area (Å²) in [6, 6.07) is 3.39. The van der Waals surface area contributed by atoms with E-state index in [0.29, 0.717) is 0 Å². The standard InChI is InChI=1S/C9H11FN2O3/c1-9(13,5-11)8-6(10)3-2-4-7(8)12(14)15/h2-4,13H,5,11H2,1H3. The molecular weight excluding hydrogens is 203 g/mol. The molecule has 0 aliphatic heterocycles. The molecule has 0 heterocycles. The van der Waals surface area contributed by atoms with Crippen molar-refractivity contribution in [3.63, 3.8) is 0 Å². The number of nitro benzene ring substituents is 1. The topological polar surface area (TPSA) is 89.4 Å². The summed E-state index contributed by atoms with van der Waals surface area (Å²) in [6.07, 6.45) is 0. The second-order valence-electron chi connectivity index (χ2n) is 3.37. The van der Waals surface area contributed by atoms with Gasteiger partial charge in [0.25, 0.3) is 5.69 Å². The van der Waals surface area contributed by atoms with Crippen LogP contribution in [0.1, 0.15) is 12.5 Å². The number of nitrogens with two attached hydrogens (primary N) is 1. The van der Waals surface area contributed by atoms with Gasteiger partial charge >= 0.3 is 0 Å². The predicted octanol–water partition coefficient (Wildman–Crippen LogP) is 0.900. The summed E-state index contributed by atoms with van der Waals surface area (Å²) >= 11 is 0. The predicted molar refractivity (Wildman–Crippen MR) is 51.7 cm³/mol. The first-order chi connectivity index (χ1) is 6.90. The minimum atomic E-state index is -1.74. The first-order valence-electron chi connectivity index (χ1n) is 4.26. The largest absolute Gasteiger partial charge is 0.384 e. The van der Waals surface area contributed by atoms with Gasteiger partial charge in [0, 0.05) is 12.6 Å². The second-order valence-corrected chi connectivity index (χ2v) is 3.37. The fourth-order valence-electron chi connectivity index (χ4n) is 1.30. The molecular formula is C9H11FN2O3. The Morgan fingerprint density at radius 1 is 1.67 bits per heavy atom. The van der Waals surface area contributed by atoms with Gasteiger partial charge in [0.1, 0.15) is 11.4 Å². The van der Waals surface area contributed by atoms with Crippen LogP contribution in [-0.2, 0) is 5.60 Å². The van der Waals surface area contributed by atoms with Gasteiger partial charge in [-0.1, -0.05) is 6.07 Å². The van der Waals surface area contributed by atoms with Gasteiger partial charge in [-0.2, -0.15) is 0 Å². The van der Waals surface area contributed by atoms with E-state index in [9.17, 15) is 19.6 Å². The lowest BCUT2D eigenvalue weighted by atomic mass is 9.94. The average molecular weight is 214 g/mol. The molecule has 1 aromatic rings. The number of hydrogen-bond donors (Lipinski definition) is 2. The Kier molecular flexibility index (Phi) is 3.01. The molecule has 1 atom stereocenters. The number of nitrogens with zero attached hydrogens (tertiary/aromatic N) is 1. The van der Waals surface area contributed by atoms with Crippen molar-refractivity contribution in [2.75, 3.05) is 6.54 Å². The summed E-state index contributed by atoms with van der Waals surface area (Å²) in [6.45, 7) is 0.938. The van der Waals surface area contributed by atoms with E-state index in [4.69, 9.17) is 5.73 Å². The molecule has 0 spiro atoms. The second kappa shape index (κ2) is 3.92. The molecule has 0 saturated heterocycles. The number of benzene rings is 1. The monoisotopic (exact) mass is 214 g/mol. The molecule has 3 N–H and O–H groups in total. The van der Waals surface area contributed by atoms with Gasteiger partial charge in [-0.15, -0.1) is 0 Å². The molecule has 0 saturated carbocycles. The summed E-state index contributed by atoms with van der Waals surface area (Å²) in [7, 11) is 0. The molecule has 0 aromatic heterocycles. The average Bonchev–Trinajstić information content (AvgIpc) is 2.17. The number of aliphatic hydroxyl groups is 1. The Balaban J connectivity index is 3.44. The third kappa shape index (κ3) is 2.11. The molecule has 1 unspecified atom stereocenters. The van der Waals surface area contributed by atoms with Gasteiger partial charge in [-0.05, 0) is 13.0 Å². The summed E-state index contributed by atoms with van der Waals surface area (Å²) in [5.74, 6) is -0.834. The van der Waals surface area contributed by atoms with Crippen LogP contribution in [0.3, 0.4) is 0 Å². The molecule has 0 amide bonds. The fraction of sp³-hybridized carbons (Fsp3) is 0.333. The van der Waals surface area contributed by atoms with E-state index in [-0.39, 0.29) is 12.1 Å². The van der Waals surface area contributed by atoms with Crippen molar-refractivity contribution in [1.29, 1.82) is 0 Å². The van der Waals surface area contributed by atoms with Crippen LogP contribution < -0.4 is 5.73 Å². The number of rotatable bonds is 3. The zero-order valence-corrected chi connectivity index (χ0v) is 8.11. The van der Waals surface area contributed by atoms with E-state index >= 15 is 0 Å². The maximum atomic E-state index is 13.4. The van der Waals surface area contributed by atoms with Crippen molar-refractivity contribution >= 4 is 5.69 Å². The van der Waals surface area contributed by atoms with Gasteiger partial charge in [-0.3, -0.25) is 10.1 Å². The van der Waals surface area contributed by atoms with Crippen LogP contribution in [-0.4, -0.2) is 16.6 Å². The summed E-state index contributed by atoms with van der Waals surface area (Å²) in [5, 5.41) is 20.4. The molecule has 15 heavy (non-hydrogen) atoms. The molecule has 0 bridgehead atoms. The van der Waals surface area contributed by atoms with Gasteiger partial charge in [-0.25, -0.2) is 4.39 Å². The quantitative estimate of drug-likeness (QED) is 0.577. The molecule has 0 aliphatic rings. The van der Waals surface area contributed by atoms with E-state index in [1.54, 1.807) is 0 Å². The smallest absolute Gasteiger partial charge is 0.278 e. The third-order valence-electron chi connectivity index (χ3n) is 2.12. The summed E-state index contributed by atoms with van der Waals surface area (Å²) in [5.41, 5.74) is 2.65. The zero-order chi connectivity index (χ0) is 11.6. The van der Waals surface area contributed by atoms with Crippen molar-refractivity contribution in [2.45, 2.75) is 12.5 Å². The number of hydrogen-bond acceptors (Lipinski definition) is 4. The van der Waals surface area contributed by atoms with Crippen molar-refractivity contribution in [3.8, 4) is 0 Å². The highest BCUT2D eigenvalue weighted by Gasteiger charge is 2.33. The zero-order valence-electron chi connectivity index (χ0n) is 8.11. The normalized spacial score (nSPS) is 14.7. The molecule has 82 valence electrons. The molecule has 0 aliphatic carbocycles. The van der Waals surface area contributed by atoms with Gasteiger partial charge in [0.15, 0.2) is 0 Å². The molecule has 1 rings (SSSR count). The van der Waals surface area contributed by atoms with Crippen LogP contribution in [0.4, 0.5) is 10.1 Å². The van der Waals surface area contributed by atoms with Gasteiger partial charge in [0.05, 0.1) is 10.5 Å². The van der Waals surface area contributed by atoms with Crippen LogP contribution in [0.25, 0.3) is 0 Å². The Morgan fingerprint density at radius 3 is 2.73 bits per heavy atom. The molecule has 6 heteroatoms. The Bertz CT molecular complexity index is 393. The van der Waals surface area contributed by atoms with E-state index in [2.05, 4.69) is 0 Å². The van der Waals surface area contributed by atoms with Crippen LogP contribution >= 0.6 is 0 Å². The molecule has 1 aromatic carbocycles. The maximum Gasteiger partial charge on any atom is 0.278 e. The first-order valence-corrected chi connectivity index (χ1v) is 4.26. The highest BCUT2D eigenvalue weighted by atomic mass is 19.1. The van der Waals surface area contributed by atoms with E-state index in [1.807, 2.05) is 0 Å². The van der Waals surface area contributed by atoms with Crippen LogP contribution in [0.2, 0.25) is 0 Å². The fourth-order valence-corrected chi connectivity index (χ4v) is 1.30. The minimum Gasteiger partial charge on any atom is -0.384 e. The highest BCUT2D eigenvalue weighted by Crippen LogP contribution is 2.31. The van der Waals surface area contributed by atoms with Crippen molar-refractivity contribution in [2.24, 2.45) is 5.73 Å². The lowest BCUT2D eigenvalue weighted by Crippen LogP contribution is -2.33. The Hall–Kier alpha value is -1.53. The van der Waals surface area contributed by atoms with Crippen LogP contribution in [0.15, 0.2) is 18.2 Å². The molecule has 0 fully saturated rings. The van der Waals surface area contributed by atoms with Crippen LogP contribution in [0, 0.1) is 15.9 Å². The van der Waals surface area contributed by atoms with Crippen molar-refractivity contribution in [3.05, 3.63) is 39.7 Å². The van der Waals surface area contributed by atoms with E-state index in [1.165, 1.54) is 13.0 Å². The molecule has 0 radical (unpaired) electrons. The van der Waals surface area contributed by atoms with Gasteiger partial charge < -0.3 is 10.8 Å². The summed E-state index contributed by atoms with van der Waals surface area (Å²) in [4.78, 5) is 9.88. The minimum absolute atomic E-state index is 0.297.